The summed E-state index contributed by atoms with van der Waals surface area (Å²) in [6, 6.07) is 5.26. The third-order valence-electron chi connectivity index (χ3n) is 2.27. The second-order valence-corrected chi connectivity index (χ2v) is 3.69. The fraction of sp³-hybridized carbons (Fsp3) is 0.182. The number of aromatic nitrogens is 3. The first kappa shape index (κ1) is 12.4. The maximum Gasteiger partial charge on any atom is 0.227 e. The number of hydrogen-bond acceptors (Lipinski definition) is 6. The zero-order valence-electron chi connectivity index (χ0n) is 9.85. The van der Waals surface area contributed by atoms with Crippen LogP contribution in [0.2, 0.25) is 5.28 Å². The molecule has 0 bridgehead atoms. The lowest BCUT2D eigenvalue weighted by molar-refractivity contribution is 0.404. The summed E-state index contributed by atoms with van der Waals surface area (Å²) in [6.45, 7) is 0. The van der Waals surface area contributed by atoms with E-state index in [1.807, 2.05) is 0 Å². The van der Waals surface area contributed by atoms with Crippen molar-refractivity contribution in [2.24, 2.45) is 0 Å². The Morgan fingerprint density at radius 3 is 2.50 bits per heavy atom. The fourth-order valence-corrected chi connectivity index (χ4v) is 1.64. The Labute approximate surface area is 109 Å². The SMILES string of the molecule is COc1ccc(OC)c(-c2nc(N)nc(Cl)n2)c1. The molecule has 0 aliphatic heterocycles. The van der Waals surface area contributed by atoms with Gasteiger partial charge in [-0.3, -0.25) is 0 Å². The Balaban J connectivity index is 2.60. The molecule has 0 spiro atoms. The van der Waals surface area contributed by atoms with E-state index in [0.29, 0.717) is 22.9 Å². The summed E-state index contributed by atoms with van der Waals surface area (Å²) < 4.78 is 10.4. The molecule has 1 aromatic carbocycles. The number of anilines is 1. The van der Waals surface area contributed by atoms with Gasteiger partial charge in [-0.25, -0.2) is 0 Å². The molecule has 2 N–H and O–H groups in total. The van der Waals surface area contributed by atoms with Crippen molar-refractivity contribution in [3.05, 3.63) is 23.5 Å². The highest BCUT2D eigenvalue weighted by Crippen LogP contribution is 2.31. The third-order valence-corrected chi connectivity index (χ3v) is 2.44. The maximum atomic E-state index is 5.75. The first-order chi connectivity index (χ1) is 8.63. The molecule has 18 heavy (non-hydrogen) atoms. The first-order valence-corrected chi connectivity index (χ1v) is 5.41. The van der Waals surface area contributed by atoms with Crippen LogP contribution in [0.25, 0.3) is 11.4 Å². The molecule has 0 aliphatic rings. The standard InChI is InChI=1S/C11H11ClN4O2/c1-17-6-3-4-8(18-2)7(5-6)9-14-10(12)16-11(13)15-9/h3-5H,1-2H3,(H2,13,14,15,16). The summed E-state index contributed by atoms with van der Waals surface area (Å²) in [5.41, 5.74) is 6.17. The van der Waals surface area contributed by atoms with Crippen molar-refractivity contribution in [2.75, 3.05) is 20.0 Å². The quantitative estimate of drug-likeness (QED) is 0.912. The molecule has 0 aliphatic carbocycles. The molecule has 0 fully saturated rings. The summed E-state index contributed by atoms with van der Waals surface area (Å²) in [7, 11) is 3.12. The molecule has 0 saturated carbocycles. The number of nitrogens with zero attached hydrogens (tertiary/aromatic N) is 3. The molecule has 2 rings (SSSR count). The molecule has 2 aromatic rings. The van der Waals surface area contributed by atoms with Crippen LogP contribution in [0, 0.1) is 0 Å². The average molecular weight is 267 g/mol. The Kier molecular flexibility index (Phi) is 3.47. The number of ether oxygens (including phenoxy) is 2. The summed E-state index contributed by atoms with van der Waals surface area (Å²) >= 11 is 5.75. The van der Waals surface area contributed by atoms with E-state index in [2.05, 4.69) is 15.0 Å². The van der Waals surface area contributed by atoms with E-state index in [1.54, 1.807) is 32.4 Å². The summed E-state index contributed by atoms with van der Waals surface area (Å²) in [4.78, 5) is 11.7. The van der Waals surface area contributed by atoms with Gasteiger partial charge in [-0.2, -0.15) is 15.0 Å². The van der Waals surface area contributed by atoms with Crippen molar-refractivity contribution >= 4 is 17.5 Å². The van der Waals surface area contributed by atoms with Crippen molar-refractivity contribution in [3.8, 4) is 22.9 Å². The van der Waals surface area contributed by atoms with Crippen LogP contribution in [0.4, 0.5) is 5.95 Å². The molecule has 0 saturated heterocycles. The molecule has 0 unspecified atom stereocenters. The van der Waals surface area contributed by atoms with Crippen molar-refractivity contribution in [1.29, 1.82) is 0 Å². The van der Waals surface area contributed by atoms with Gasteiger partial charge >= 0.3 is 0 Å². The number of halogens is 1. The number of rotatable bonds is 3. The third kappa shape index (κ3) is 2.43. The van der Waals surface area contributed by atoms with Crippen molar-refractivity contribution in [2.45, 2.75) is 0 Å². The Bertz CT molecular complexity index is 557. The van der Waals surface area contributed by atoms with Crippen LogP contribution in [0.1, 0.15) is 0 Å². The van der Waals surface area contributed by atoms with Gasteiger partial charge in [-0.15, -0.1) is 0 Å². The highest BCUT2D eigenvalue weighted by Gasteiger charge is 2.12. The summed E-state index contributed by atoms with van der Waals surface area (Å²) in [6.07, 6.45) is 0. The van der Waals surface area contributed by atoms with E-state index < -0.39 is 0 Å². The van der Waals surface area contributed by atoms with Crippen molar-refractivity contribution in [1.82, 2.24) is 15.0 Å². The Hall–Kier alpha value is -2.08. The van der Waals surface area contributed by atoms with Gasteiger partial charge in [0.25, 0.3) is 0 Å². The van der Waals surface area contributed by atoms with Gasteiger partial charge in [0.1, 0.15) is 11.5 Å². The van der Waals surface area contributed by atoms with Crippen molar-refractivity contribution in [3.63, 3.8) is 0 Å². The molecule has 7 heteroatoms. The lowest BCUT2D eigenvalue weighted by Gasteiger charge is -2.09. The van der Waals surface area contributed by atoms with E-state index in [9.17, 15) is 0 Å². The highest BCUT2D eigenvalue weighted by molar-refractivity contribution is 6.28. The molecule has 1 aromatic heterocycles. The van der Waals surface area contributed by atoms with Gasteiger partial charge in [0.2, 0.25) is 11.2 Å². The highest BCUT2D eigenvalue weighted by atomic mass is 35.5. The van der Waals surface area contributed by atoms with Crippen LogP contribution in [-0.4, -0.2) is 29.2 Å². The van der Waals surface area contributed by atoms with E-state index in [1.165, 1.54) is 0 Å². The minimum absolute atomic E-state index is 0.0300. The van der Waals surface area contributed by atoms with Gasteiger partial charge in [-0.05, 0) is 29.8 Å². The van der Waals surface area contributed by atoms with E-state index >= 15 is 0 Å². The number of benzene rings is 1. The molecule has 1 heterocycles. The van der Waals surface area contributed by atoms with E-state index in [0.717, 1.165) is 0 Å². The molecule has 0 amide bonds. The minimum Gasteiger partial charge on any atom is -0.497 e. The molecule has 0 atom stereocenters. The second-order valence-electron chi connectivity index (χ2n) is 3.35. The van der Waals surface area contributed by atoms with Crippen LogP contribution in [0.5, 0.6) is 11.5 Å². The average Bonchev–Trinajstić information content (AvgIpc) is 2.36. The van der Waals surface area contributed by atoms with Gasteiger partial charge in [-0.1, -0.05) is 0 Å². The largest absolute Gasteiger partial charge is 0.497 e. The number of hydrogen-bond donors (Lipinski definition) is 1. The Morgan fingerprint density at radius 2 is 1.89 bits per heavy atom. The predicted molar refractivity (Wildman–Crippen MR) is 67.8 cm³/mol. The Morgan fingerprint density at radius 1 is 1.11 bits per heavy atom. The first-order valence-electron chi connectivity index (χ1n) is 5.03. The zero-order valence-corrected chi connectivity index (χ0v) is 10.6. The smallest absolute Gasteiger partial charge is 0.227 e. The van der Waals surface area contributed by atoms with E-state index in [4.69, 9.17) is 26.8 Å². The monoisotopic (exact) mass is 266 g/mol. The predicted octanol–water partition coefficient (Wildman–Crippen LogP) is 1.79. The minimum atomic E-state index is 0.0300. The zero-order chi connectivity index (χ0) is 13.1. The van der Waals surface area contributed by atoms with E-state index in [-0.39, 0.29) is 11.2 Å². The number of methoxy groups -OCH3 is 2. The topological polar surface area (TPSA) is 83.2 Å². The molecular formula is C11H11ClN4O2. The lowest BCUT2D eigenvalue weighted by Crippen LogP contribution is -2.01. The van der Waals surface area contributed by atoms with Crippen LogP contribution < -0.4 is 15.2 Å². The molecular weight excluding hydrogens is 256 g/mol. The van der Waals surface area contributed by atoms with Crippen LogP contribution in [0.3, 0.4) is 0 Å². The van der Waals surface area contributed by atoms with Gasteiger partial charge < -0.3 is 15.2 Å². The fourth-order valence-electron chi connectivity index (χ4n) is 1.47. The summed E-state index contributed by atoms with van der Waals surface area (Å²) in [5.74, 6) is 1.64. The van der Waals surface area contributed by atoms with Gasteiger partial charge in [0.05, 0.1) is 19.8 Å². The van der Waals surface area contributed by atoms with Crippen LogP contribution in [-0.2, 0) is 0 Å². The lowest BCUT2D eigenvalue weighted by atomic mass is 10.1. The van der Waals surface area contributed by atoms with Crippen LogP contribution >= 0.6 is 11.6 Å². The molecule has 94 valence electrons. The van der Waals surface area contributed by atoms with Crippen LogP contribution in [0.15, 0.2) is 18.2 Å². The molecule has 6 nitrogen and oxygen atoms in total. The second kappa shape index (κ2) is 5.05. The normalized spacial score (nSPS) is 10.2. The maximum absolute atomic E-state index is 5.75. The summed E-state index contributed by atoms with van der Waals surface area (Å²) in [5, 5.41) is 0.0300. The number of nitrogen functional groups attached to an aromatic ring is 1. The molecule has 0 radical (unpaired) electrons. The van der Waals surface area contributed by atoms with Gasteiger partial charge in [0, 0.05) is 0 Å². The van der Waals surface area contributed by atoms with Crippen molar-refractivity contribution < 1.29 is 9.47 Å². The number of nitrogens with two attached hydrogens (primary N) is 1. The van der Waals surface area contributed by atoms with Gasteiger partial charge in [0.15, 0.2) is 5.82 Å².